The van der Waals surface area contributed by atoms with Crippen molar-refractivity contribution in [2.45, 2.75) is 26.4 Å². The van der Waals surface area contributed by atoms with E-state index in [0.29, 0.717) is 0 Å². The fraction of sp³-hybridized carbons (Fsp3) is 1.00. The molecule has 0 radical (unpaired) electrons. The van der Waals surface area contributed by atoms with Gasteiger partial charge in [-0.25, -0.2) is 0 Å². The topological polar surface area (TPSA) is 44.8 Å². The van der Waals surface area contributed by atoms with Crippen molar-refractivity contribution in [2.24, 2.45) is 0 Å². The van der Waals surface area contributed by atoms with Crippen molar-refractivity contribution in [2.75, 3.05) is 7.11 Å². The molecule has 0 amide bonds. The second kappa shape index (κ2) is 3.12. The summed E-state index contributed by atoms with van der Waals surface area (Å²) >= 11 is 0. The average molecular weight is 134 g/mol. The van der Waals surface area contributed by atoms with Crippen LogP contribution in [0.3, 0.4) is 0 Å². The highest BCUT2D eigenvalue weighted by atomic mass is 17.1. The Labute approximate surface area is 54.8 Å². The third-order valence-electron chi connectivity index (χ3n) is 0.497. The van der Waals surface area contributed by atoms with Gasteiger partial charge in [-0.2, -0.15) is 0 Å². The molecule has 0 spiro atoms. The molecule has 0 fully saturated rings. The molecule has 56 valence electrons. The summed E-state index contributed by atoms with van der Waals surface area (Å²) in [6.07, 6.45) is 0. The van der Waals surface area contributed by atoms with Crippen LogP contribution in [0.2, 0.25) is 0 Å². The first-order valence-corrected chi connectivity index (χ1v) is 2.66. The van der Waals surface area contributed by atoms with E-state index in [-0.39, 0.29) is 5.39 Å². The van der Waals surface area contributed by atoms with Crippen LogP contribution in [0.4, 0.5) is 0 Å². The predicted octanol–water partition coefficient (Wildman–Crippen LogP) is 1.08. The van der Waals surface area contributed by atoms with Gasteiger partial charge in [0, 0.05) is 0 Å². The zero-order valence-electron chi connectivity index (χ0n) is 6.17. The van der Waals surface area contributed by atoms with E-state index in [1.165, 1.54) is 7.11 Å². The van der Waals surface area contributed by atoms with Crippen LogP contribution in [-0.4, -0.2) is 18.1 Å². The minimum Gasteiger partial charge on any atom is -0.738 e. The Morgan fingerprint density at radius 3 is 1.89 bits per heavy atom. The van der Waals surface area contributed by atoms with Gasteiger partial charge in [-0.3, -0.25) is 9.68 Å². The van der Waals surface area contributed by atoms with E-state index in [1.54, 1.807) is 20.8 Å². The Kier molecular flexibility index (Phi) is 3.07. The van der Waals surface area contributed by atoms with E-state index < -0.39 is 5.60 Å². The van der Waals surface area contributed by atoms with Crippen molar-refractivity contribution in [3.63, 3.8) is 0 Å². The van der Waals surface area contributed by atoms with Crippen LogP contribution >= 0.6 is 0 Å². The number of rotatable bonds is 2. The monoisotopic (exact) mass is 134 g/mol. The lowest BCUT2D eigenvalue weighted by Crippen LogP contribution is -2.29. The summed E-state index contributed by atoms with van der Waals surface area (Å²) in [5.41, 5.74) is -0.488. The van der Waals surface area contributed by atoms with Gasteiger partial charge < -0.3 is 5.21 Å². The summed E-state index contributed by atoms with van der Waals surface area (Å²) in [6, 6.07) is 0. The van der Waals surface area contributed by atoms with Crippen LogP contribution < -0.4 is 0 Å². The molecule has 0 N–H and O–H groups in total. The maximum absolute atomic E-state index is 10.3. The second-order valence-corrected chi connectivity index (χ2v) is 2.61. The van der Waals surface area contributed by atoms with Crippen LogP contribution in [0, 0.1) is 5.21 Å². The molecule has 0 saturated heterocycles. The van der Waals surface area contributed by atoms with Gasteiger partial charge in [-0.1, -0.05) is 0 Å². The van der Waals surface area contributed by atoms with Crippen LogP contribution in [0.15, 0.2) is 0 Å². The minimum atomic E-state index is -0.488. The number of nitrogens with zero attached hydrogens (tertiary/aromatic N) is 1. The van der Waals surface area contributed by atoms with Gasteiger partial charge in [0.15, 0.2) is 0 Å². The maximum Gasteiger partial charge on any atom is 0.0830 e. The first kappa shape index (κ1) is 8.84. The summed E-state index contributed by atoms with van der Waals surface area (Å²) in [5, 5.41) is 10.4. The molecule has 0 aliphatic rings. The van der Waals surface area contributed by atoms with Crippen molar-refractivity contribution in [3.8, 4) is 0 Å². The Hall–Kier alpha value is -0.160. The molecule has 0 bridgehead atoms. The smallest absolute Gasteiger partial charge is 0.0830 e. The molecule has 0 aromatic rings. The van der Waals surface area contributed by atoms with E-state index in [1.807, 2.05) is 0 Å². The normalized spacial score (nSPS) is 12.7. The van der Waals surface area contributed by atoms with Gasteiger partial charge >= 0.3 is 0 Å². The van der Waals surface area contributed by atoms with Gasteiger partial charge in [0.25, 0.3) is 0 Å². The fourth-order valence-electron chi connectivity index (χ4n) is 0.261. The molecular formula is C5H12NO3-. The zero-order chi connectivity index (χ0) is 7.49. The summed E-state index contributed by atoms with van der Waals surface area (Å²) in [6.45, 7) is 5.28. The zero-order valence-corrected chi connectivity index (χ0v) is 6.17. The molecular weight excluding hydrogens is 122 g/mol. The lowest BCUT2D eigenvalue weighted by atomic mass is 10.2. The van der Waals surface area contributed by atoms with E-state index in [9.17, 15) is 5.21 Å². The fourth-order valence-corrected chi connectivity index (χ4v) is 0.261. The molecule has 0 saturated carbocycles. The standard InChI is InChI=1S/C5H12NO3/c1-5(2,3)9-6(7)8-4/h1-4H3/q-1. The van der Waals surface area contributed by atoms with Gasteiger partial charge in [0.05, 0.1) is 12.7 Å². The molecule has 4 heteroatoms. The molecule has 0 unspecified atom stereocenters. The van der Waals surface area contributed by atoms with E-state index in [0.717, 1.165) is 0 Å². The number of hydrogen-bond donors (Lipinski definition) is 0. The molecule has 0 aromatic heterocycles. The van der Waals surface area contributed by atoms with Crippen LogP contribution in [-0.2, 0) is 9.68 Å². The van der Waals surface area contributed by atoms with Gasteiger partial charge in [-0.05, 0) is 20.8 Å². The average Bonchev–Trinajstić information content (AvgIpc) is 1.62. The SMILES string of the molecule is CON([O-])OC(C)(C)C. The lowest BCUT2D eigenvalue weighted by Gasteiger charge is -2.31. The third kappa shape index (κ3) is 5.72. The van der Waals surface area contributed by atoms with E-state index >= 15 is 0 Å². The molecule has 0 rings (SSSR count). The van der Waals surface area contributed by atoms with Crippen LogP contribution in [0.1, 0.15) is 20.8 Å². The maximum atomic E-state index is 10.3. The molecule has 0 aliphatic heterocycles. The molecule has 9 heavy (non-hydrogen) atoms. The van der Waals surface area contributed by atoms with Gasteiger partial charge in [0.2, 0.25) is 0 Å². The van der Waals surface area contributed by atoms with Crippen molar-refractivity contribution in [3.05, 3.63) is 5.21 Å². The molecule has 0 heterocycles. The van der Waals surface area contributed by atoms with E-state index in [4.69, 9.17) is 0 Å². The minimum absolute atomic E-state index is 0.0833. The summed E-state index contributed by atoms with van der Waals surface area (Å²) in [5.74, 6) is 0. The Morgan fingerprint density at radius 1 is 1.33 bits per heavy atom. The highest BCUT2D eigenvalue weighted by Gasteiger charge is 2.10. The quantitative estimate of drug-likeness (QED) is 0.530. The molecule has 0 aromatic carbocycles. The first-order chi connectivity index (χ1) is 3.95. The Balaban J connectivity index is 3.47. The summed E-state index contributed by atoms with van der Waals surface area (Å²) in [4.78, 5) is 8.82. The number of hydrogen-bond acceptors (Lipinski definition) is 4. The highest BCUT2D eigenvalue weighted by molar-refractivity contribution is 4.55. The van der Waals surface area contributed by atoms with Crippen LogP contribution in [0.25, 0.3) is 0 Å². The largest absolute Gasteiger partial charge is 0.738 e. The van der Waals surface area contributed by atoms with Gasteiger partial charge in [-0.15, -0.1) is 5.39 Å². The van der Waals surface area contributed by atoms with Crippen molar-refractivity contribution < 1.29 is 9.68 Å². The summed E-state index contributed by atoms with van der Waals surface area (Å²) in [7, 11) is 1.25. The third-order valence-corrected chi connectivity index (χ3v) is 0.497. The van der Waals surface area contributed by atoms with Crippen molar-refractivity contribution in [1.29, 1.82) is 0 Å². The van der Waals surface area contributed by atoms with Crippen LogP contribution in [0.5, 0.6) is 0 Å². The van der Waals surface area contributed by atoms with Gasteiger partial charge in [0.1, 0.15) is 0 Å². The summed E-state index contributed by atoms with van der Waals surface area (Å²) < 4.78 is 0. The predicted molar refractivity (Wildman–Crippen MR) is 33.1 cm³/mol. The Bertz CT molecular complexity index is 78.8. The van der Waals surface area contributed by atoms with Crippen molar-refractivity contribution in [1.82, 2.24) is 5.39 Å². The van der Waals surface area contributed by atoms with Crippen molar-refractivity contribution >= 4 is 0 Å². The lowest BCUT2D eigenvalue weighted by molar-refractivity contribution is -0.360. The molecule has 4 nitrogen and oxygen atoms in total. The highest BCUT2D eigenvalue weighted by Crippen LogP contribution is 2.08. The first-order valence-electron chi connectivity index (χ1n) is 2.66. The Morgan fingerprint density at radius 2 is 1.78 bits per heavy atom. The molecule has 0 aliphatic carbocycles. The van der Waals surface area contributed by atoms with E-state index in [2.05, 4.69) is 9.68 Å². The molecule has 0 atom stereocenters. The second-order valence-electron chi connectivity index (χ2n) is 2.61.